The number of imidazole rings is 1. The summed E-state index contributed by atoms with van der Waals surface area (Å²) in [6.07, 6.45) is 1.09. The van der Waals surface area contributed by atoms with Crippen LogP contribution in [0, 0.1) is 19.8 Å². The van der Waals surface area contributed by atoms with Crippen LogP contribution in [-0.4, -0.2) is 48.9 Å². The van der Waals surface area contributed by atoms with Crippen LogP contribution in [0.25, 0.3) is 0 Å². The van der Waals surface area contributed by atoms with Crippen molar-refractivity contribution in [2.45, 2.75) is 60.5 Å². The number of para-hydroxylation sites is 1. The second kappa shape index (κ2) is 14.8. The van der Waals surface area contributed by atoms with Gasteiger partial charge in [0.25, 0.3) is 0 Å². The van der Waals surface area contributed by atoms with E-state index in [0.29, 0.717) is 47.6 Å². The first-order valence-electron chi connectivity index (χ1n) is 13.7. The van der Waals surface area contributed by atoms with Gasteiger partial charge in [0, 0.05) is 17.7 Å². The van der Waals surface area contributed by atoms with Crippen molar-refractivity contribution >= 4 is 29.2 Å². The number of rotatable bonds is 14. The number of methoxy groups -OCH3 is 2. The number of carbonyl (C=O) groups excluding carboxylic acids is 2. The van der Waals surface area contributed by atoms with E-state index in [1.165, 1.54) is 14.2 Å². The molecule has 1 aromatic heterocycles. The van der Waals surface area contributed by atoms with E-state index in [1.807, 2.05) is 38.1 Å². The van der Waals surface area contributed by atoms with Crippen molar-refractivity contribution in [1.82, 2.24) is 9.55 Å². The summed E-state index contributed by atoms with van der Waals surface area (Å²) in [6.45, 7) is 10.6. The lowest BCUT2D eigenvalue weighted by atomic mass is 10.1. The molecule has 0 fully saturated rings. The summed E-state index contributed by atoms with van der Waals surface area (Å²) < 4.78 is 23.8. The molecule has 0 saturated carbocycles. The van der Waals surface area contributed by atoms with Crippen LogP contribution in [0.1, 0.15) is 56.4 Å². The molecule has 222 valence electrons. The van der Waals surface area contributed by atoms with Crippen LogP contribution in [-0.2, 0) is 27.4 Å². The molecular weight excluding hydrogens is 546 g/mol. The number of aromatic nitrogens is 2. The first-order chi connectivity index (χ1) is 19.6. The maximum Gasteiger partial charge on any atom is 0.344 e. The van der Waals surface area contributed by atoms with Crippen molar-refractivity contribution in [2.75, 3.05) is 32.3 Å². The van der Waals surface area contributed by atoms with E-state index in [2.05, 4.69) is 18.4 Å². The van der Waals surface area contributed by atoms with Gasteiger partial charge in [0.1, 0.15) is 16.6 Å². The molecule has 0 aliphatic rings. The Labute approximate surface area is 247 Å². The molecule has 3 rings (SSSR count). The number of aryl methyl sites for hydroxylation is 1. The molecule has 0 bridgehead atoms. The normalized spacial score (nSPS) is 11.0. The van der Waals surface area contributed by atoms with E-state index < -0.39 is 5.97 Å². The van der Waals surface area contributed by atoms with Crippen molar-refractivity contribution in [1.29, 1.82) is 0 Å². The van der Waals surface area contributed by atoms with Crippen LogP contribution < -0.4 is 19.1 Å². The molecule has 0 saturated heterocycles. The van der Waals surface area contributed by atoms with Gasteiger partial charge in [-0.25, -0.2) is 9.78 Å². The van der Waals surface area contributed by atoms with Gasteiger partial charge < -0.3 is 28.4 Å². The molecule has 9 nitrogen and oxygen atoms in total. The van der Waals surface area contributed by atoms with Crippen LogP contribution in [0.2, 0.25) is 5.02 Å². The summed E-state index contributed by atoms with van der Waals surface area (Å²) in [5, 5.41) is 0.286. The van der Waals surface area contributed by atoms with E-state index >= 15 is 0 Å². The van der Waals surface area contributed by atoms with E-state index in [-0.39, 0.29) is 30.7 Å². The summed E-state index contributed by atoms with van der Waals surface area (Å²) >= 11 is 6.79. The SMILES string of the molecule is CCOC(=O)COc1ccccc1Cn1c(CN(C(=O)CCC(C)C)c2ccc(OC)c(OC)c2Cl)nc(C)c1C. The number of hydrogen-bond donors (Lipinski definition) is 0. The first-order valence-corrected chi connectivity index (χ1v) is 14.1. The van der Waals surface area contributed by atoms with E-state index in [9.17, 15) is 9.59 Å². The minimum absolute atomic E-state index is 0.0733. The van der Waals surface area contributed by atoms with Gasteiger partial charge in [-0.05, 0) is 51.3 Å². The van der Waals surface area contributed by atoms with E-state index in [4.69, 9.17) is 35.5 Å². The third-order valence-corrected chi connectivity index (χ3v) is 7.15. The Morgan fingerprint density at radius 2 is 1.78 bits per heavy atom. The van der Waals surface area contributed by atoms with E-state index in [1.54, 1.807) is 24.0 Å². The predicted molar refractivity (Wildman–Crippen MR) is 159 cm³/mol. The lowest BCUT2D eigenvalue weighted by Gasteiger charge is -2.26. The van der Waals surface area contributed by atoms with Gasteiger partial charge in [-0.1, -0.05) is 43.6 Å². The molecule has 2 aromatic carbocycles. The van der Waals surface area contributed by atoms with Gasteiger partial charge in [0.15, 0.2) is 18.1 Å². The maximum absolute atomic E-state index is 13.7. The number of ether oxygens (including phenoxy) is 4. The number of amides is 1. The Morgan fingerprint density at radius 3 is 2.44 bits per heavy atom. The van der Waals surface area contributed by atoms with Gasteiger partial charge in [0.05, 0.1) is 45.3 Å². The quantitative estimate of drug-likeness (QED) is 0.210. The Balaban J connectivity index is 2.01. The molecule has 1 amide bonds. The molecule has 10 heteroatoms. The van der Waals surface area contributed by atoms with Crippen molar-refractivity contribution in [3.63, 3.8) is 0 Å². The topological polar surface area (TPSA) is 92.1 Å². The molecular formula is C31H40ClN3O6. The van der Waals surface area contributed by atoms with Crippen LogP contribution in [0.4, 0.5) is 5.69 Å². The average molecular weight is 586 g/mol. The van der Waals surface area contributed by atoms with E-state index in [0.717, 1.165) is 23.4 Å². The van der Waals surface area contributed by atoms with Crippen molar-refractivity contribution in [3.05, 3.63) is 64.2 Å². The highest BCUT2D eigenvalue weighted by atomic mass is 35.5. The van der Waals surface area contributed by atoms with Crippen LogP contribution in [0.5, 0.6) is 17.2 Å². The van der Waals surface area contributed by atoms with Gasteiger partial charge in [-0.2, -0.15) is 0 Å². The Morgan fingerprint density at radius 1 is 1.05 bits per heavy atom. The molecule has 0 radical (unpaired) electrons. The number of anilines is 1. The lowest BCUT2D eigenvalue weighted by Crippen LogP contribution is -2.32. The van der Waals surface area contributed by atoms with Gasteiger partial charge >= 0.3 is 5.97 Å². The zero-order valence-corrected chi connectivity index (χ0v) is 25.7. The first kappa shape index (κ1) is 31.8. The fourth-order valence-corrected chi connectivity index (χ4v) is 4.76. The summed E-state index contributed by atoms with van der Waals surface area (Å²) in [5.74, 6) is 1.95. The van der Waals surface area contributed by atoms with Crippen molar-refractivity contribution in [2.24, 2.45) is 5.92 Å². The molecule has 0 aliphatic heterocycles. The number of halogens is 1. The summed E-state index contributed by atoms with van der Waals surface area (Å²) in [6, 6.07) is 11.0. The summed E-state index contributed by atoms with van der Waals surface area (Å²) in [5.41, 5.74) is 3.17. The minimum Gasteiger partial charge on any atom is -0.493 e. The fraction of sp³-hybridized carbons (Fsp3) is 0.452. The van der Waals surface area contributed by atoms with Crippen LogP contribution in [0.3, 0.4) is 0 Å². The van der Waals surface area contributed by atoms with Gasteiger partial charge in [0.2, 0.25) is 5.91 Å². The fourth-order valence-electron chi connectivity index (χ4n) is 4.42. The molecule has 3 aromatic rings. The molecule has 0 aliphatic carbocycles. The lowest BCUT2D eigenvalue weighted by molar-refractivity contribution is -0.145. The maximum atomic E-state index is 13.7. The van der Waals surface area contributed by atoms with Crippen LogP contribution in [0.15, 0.2) is 36.4 Å². The van der Waals surface area contributed by atoms with Gasteiger partial charge in [-0.3, -0.25) is 4.79 Å². The van der Waals surface area contributed by atoms with Crippen molar-refractivity contribution in [3.8, 4) is 17.2 Å². The number of carbonyl (C=O) groups is 2. The highest BCUT2D eigenvalue weighted by Crippen LogP contribution is 2.42. The molecule has 0 spiro atoms. The number of nitrogens with zero attached hydrogens (tertiary/aromatic N) is 3. The second-order valence-corrected chi connectivity index (χ2v) is 10.4. The molecule has 1 heterocycles. The zero-order valence-electron chi connectivity index (χ0n) is 25.0. The summed E-state index contributed by atoms with van der Waals surface area (Å²) in [4.78, 5) is 32.1. The monoisotopic (exact) mass is 585 g/mol. The largest absolute Gasteiger partial charge is 0.493 e. The molecule has 0 unspecified atom stereocenters. The Hall–Kier alpha value is -3.72. The molecule has 0 N–H and O–H groups in total. The number of hydrogen-bond acceptors (Lipinski definition) is 7. The number of esters is 1. The number of benzene rings is 2. The van der Waals surface area contributed by atoms with Crippen molar-refractivity contribution < 1.29 is 28.5 Å². The van der Waals surface area contributed by atoms with Gasteiger partial charge in [-0.15, -0.1) is 0 Å². The molecule has 0 atom stereocenters. The highest BCUT2D eigenvalue weighted by Gasteiger charge is 2.26. The zero-order chi connectivity index (χ0) is 30.1. The predicted octanol–water partition coefficient (Wildman–Crippen LogP) is 6.13. The Bertz CT molecular complexity index is 1350. The standard InChI is InChI=1S/C31H40ClN3O6/c1-8-40-29(37)19-41-25-12-10-9-11-23(25)17-34-22(5)21(4)33-27(34)18-35(28(36)16-13-20(2)3)24-14-15-26(38-6)31(39-7)30(24)32/h9-12,14-15,20H,8,13,16-19H2,1-7H3. The average Bonchev–Trinajstić information content (AvgIpc) is 3.21. The molecule has 41 heavy (non-hydrogen) atoms. The minimum atomic E-state index is -0.431. The Kier molecular flexibility index (Phi) is 11.5. The second-order valence-electron chi connectivity index (χ2n) is 10.0. The summed E-state index contributed by atoms with van der Waals surface area (Å²) in [7, 11) is 3.05. The third kappa shape index (κ3) is 7.94. The van der Waals surface area contributed by atoms with Crippen LogP contribution >= 0.6 is 11.6 Å². The smallest absolute Gasteiger partial charge is 0.344 e. The third-order valence-electron chi connectivity index (χ3n) is 6.78. The highest BCUT2D eigenvalue weighted by molar-refractivity contribution is 6.35.